The molecule has 0 aliphatic rings. The summed E-state index contributed by atoms with van der Waals surface area (Å²) in [5.74, 6) is -0.743. The summed E-state index contributed by atoms with van der Waals surface area (Å²) in [5, 5.41) is 0.724. The average Bonchev–Trinajstić information content (AvgIpc) is 2.35. The van der Waals surface area contributed by atoms with E-state index in [4.69, 9.17) is 5.73 Å². The summed E-state index contributed by atoms with van der Waals surface area (Å²) in [6.45, 7) is 1.43. The van der Waals surface area contributed by atoms with E-state index < -0.39 is 22.5 Å². The number of nitrogens with zero attached hydrogens (tertiary/aromatic N) is 1. The van der Waals surface area contributed by atoms with Crippen molar-refractivity contribution >= 4 is 26.8 Å². The number of rotatable bonds is 4. The van der Waals surface area contributed by atoms with Crippen LogP contribution >= 0.6 is 0 Å². The Bertz CT molecular complexity index is 741. The zero-order valence-electron chi connectivity index (χ0n) is 10.3. The number of hydrogen-bond donors (Lipinski definition) is 2. The molecular weight excluding hydrogens is 266 g/mol. The molecule has 2 rings (SSSR count). The summed E-state index contributed by atoms with van der Waals surface area (Å²) in [6, 6.07) is 6.69. The van der Waals surface area contributed by atoms with Crippen LogP contribution in [0.25, 0.3) is 10.9 Å². The van der Waals surface area contributed by atoms with Crippen molar-refractivity contribution in [1.82, 2.24) is 9.71 Å². The van der Waals surface area contributed by atoms with Crippen molar-refractivity contribution in [3.8, 4) is 0 Å². The second-order valence-electron chi connectivity index (χ2n) is 4.13. The predicted molar refractivity (Wildman–Crippen MR) is 70.9 cm³/mol. The zero-order valence-corrected chi connectivity index (χ0v) is 11.1. The Morgan fingerprint density at radius 1 is 1.42 bits per heavy atom. The Labute approximate surface area is 110 Å². The molecule has 0 spiro atoms. The molecule has 1 aromatic heterocycles. The van der Waals surface area contributed by atoms with Crippen molar-refractivity contribution in [3.63, 3.8) is 0 Å². The molecule has 7 heteroatoms. The molecule has 100 valence electrons. The minimum Gasteiger partial charge on any atom is -0.369 e. The Hall–Kier alpha value is -1.99. The lowest BCUT2D eigenvalue weighted by Crippen LogP contribution is -2.33. The van der Waals surface area contributed by atoms with Gasteiger partial charge in [-0.05, 0) is 24.6 Å². The van der Waals surface area contributed by atoms with E-state index in [2.05, 4.69) is 9.71 Å². The number of aromatic nitrogens is 1. The van der Waals surface area contributed by atoms with E-state index in [1.54, 1.807) is 18.3 Å². The highest BCUT2D eigenvalue weighted by molar-refractivity contribution is 7.89. The quantitative estimate of drug-likeness (QED) is 0.840. The van der Waals surface area contributed by atoms with Gasteiger partial charge in [-0.15, -0.1) is 0 Å². The zero-order chi connectivity index (χ0) is 14.0. The smallest absolute Gasteiger partial charge is 0.243 e. The first-order chi connectivity index (χ1) is 8.90. The Kier molecular flexibility index (Phi) is 3.50. The minimum absolute atomic E-state index is 0.0336. The molecule has 0 unspecified atom stereocenters. The number of nitrogens with one attached hydrogen (secondary N) is 1. The molecule has 2 aromatic rings. The molecule has 1 aromatic carbocycles. The first kappa shape index (κ1) is 13.4. The highest BCUT2D eigenvalue weighted by atomic mass is 32.2. The standard InChI is InChI=1S/C12H13N3O3S/c1-8-5-9-3-2-4-10(12(9)14-6-8)19(17,18)15-7-11(13)16/h2-6,15H,7H2,1H3,(H2,13,16). The van der Waals surface area contributed by atoms with E-state index in [0.29, 0.717) is 5.52 Å². The maximum absolute atomic E-state index is 12.1. The average molecular weight is 279 g/mol. The van der Waals surface area contributed by atoms with Crippen LogP contribution in [0.15, 0.2) is 35.4 Å². The van der Waals surface area contributed by atoms with Gasteiger partial charge < -0.3 is 5.73 Å². The van der Waals surface area contributed by atoms with Crippen LogP contribution in [0.2, 0.25) is 0 Å². The molecule has 0 radical (unpaired) electrons. The van der Waals surface area contributed by atoms with Gasteiger partial charge in [0.2, 0.25) is 15.9 Å². The number of benzene rings is 1. The van der Waals surface area contributed by atoms with Crippen molar-refractivity contribution < 1.29 is 13.2 Å². The molecule has 6 nitrogen and oxygen atoms in total. The van der Waals surface area contributed by atoms with Gasteiger partial charge in [-0.1, -0.05) is 12.1 Å². The molecule has 0 saturated heterocycles. The summed E-state index contributed by atoms with van der Waals surface area (Å²) >= 11 is 0. The fraction of sp³-hybridized carbons (Fsp3) is 0.167. The third kappa shape index (κ3) is 2.88. The van der Waals surface area contributed by atoms with Gasteiger partial charge in [-0.3, -0.25) is 9.78 Å². The van der Waals surface area contributed by atoms with Gasteiger partial charge in [0, 0.05) is 11.6 Å². The van der Waals surface area contributed by atoms with Crippen molar-refractivity contribution in [2.24, 2.45) is 5.73 Å². The Morgan fingerprint density at radius 2 is 2.16 bits per heavy atom. The SMILES string of the molecule is Cc1cnc2c(S(=O)(=O)NCC(N)=O)cccc2c1. The molecule has 1 heterocycles. The largest absolute Gasteiger partial charge is 0.369 e. The number of sulfonamides is 1. The van der Waals surface area contributed by atoms with Crippen molar-refractivity contribution in [2.75, 3.05) is 6.54 Å². The van der Waals surface area contributed by atoms with Gasteiger partial charge in [0.15, 0.2) is 0 Å². The van der Waals surface area contributed by atoms with Crippen LogP contribution in [0.3, 0.4) is 0 Å². The lowest BCUT2D eigenvalue weighted by Gasteiger charge is -2.08. The molecule has 1 amide bonds. The topological polar surface area (TPSA) is 102 Å². The summed E-state index contributed by atoms with van der Waals surface area (Å²) in [6.07, 6.45) is 1.59. The number of amides is 1. The number of nitrogens with two attached hydrogens (primary N) is 1. The molecule has 0 fully saturated rings. The molecule has 0 bridgehead atoms. The van der Waals surface area contributed by atoms with Crippen LogP contribution < -0.4 is 10.5 Å². The van der Waals surface area contributed by atoms with Crippen LogP contribution in [-0.2, 0) is 14.8 Å². The van der Waals surface area contributed by atoms with Crippen LogP contribution in [0.4, 0.5) is 0 Å². The molecule has 3 N–H and O–H groups in total. The van der Waals surface area contributed by atoms with E-state index in [1.807, 2.05) is 13.0 Å². The molecule has 0 atom stereocenters. The summed E-state index contributed by atoms with van der Waals surface area (Å²) in [5.41, 5.74) is 6.23. The van der Waals surface area contributed by atoms with Crippen molar-refractivity contribution in [2.45, 2.75) is 11.8 Å². The number of fused-ring (bicyclic) bond motifs is 1. The number of aryl methyl sites for hydroxylation is 1. The summed E-state index contributed by atoms with van der Waals surface area (Å²) < 4.78 is 26.3. The van der Waals surface area contributed by atoms with Gasteiger partial charge in [0.25, 0.3) is 0 Å². The maximum Gasteiger partial charge on any atom is 0.243 e. The molecule has 0 aliphatic carbocycles. The molecule has 0 aliphatic heterocycles. The lowest BCUT2D eigenvalue weighted by molar-refractivity contribution is -0.116. The Morgan fingerprint density at radius 3 is 2.84 bits per heavy atom. The predicted octanol–water partition coefficient (Wildman–Crippen LogP) is 0.307. The summed E-state index contributed by atoms with van der Waals surface area (Å²) in [7, 11) is -3.81. The monoisotopic (exact) mass is 279 g/mol. The number of hydrogen-bond acceptors (Lipinski definition) is 4. The number of pyridine rings is 1. The van der Waals surface area contributed by atoms with E-state index >= 15 is 0 Å². The fourth-order valence-corrected chi connectivity index (χ4v) is 2.87. The van der Waals surface area contributed by atoms with E-state index in [0.717, 1.165) is 10.9 Å². The maximum atomic E-state index is 12.1. The summed E-state index contributed by atoms with van der Waals surface area (Å²) in [4.78, 5) is 14.8. The second-order valence-corrected chi connectivity index (χ2v) is 5.87. The first-order valence-electron chi connectivity index (χ1n) is 5.53. The highest BCUT2D eigenvalue weighted by Crippen LogP contribution is 2.21. The van der Waals surface area contributed by atoms with Crippen LogP contribution in [0.5, 0.6) is 0 Å². The van der Waals surface area contributed by atoms with Crippen molar-refractivity contribution in [1.29, 1.82) is 0 Å². The van der Waals surface area contributed by atoms with Gasteiger partial charge >= 0.3 is 0 Å². The van der Waals surface area contributed by atoms with Crippen molar-refractivity contribution in [3.05, 3.63) is 36.0 Å². The molecule has 19 heavy (non-hydrogen) atoms. The fourth-order valence-electron chi connectivity index (χ4n) is 1.70. The van der Waals surface area contributed by atoms with E-state index in [9.17, 15) is 13.2 Å². The second kappa shape index (κ2) is 4.94. The number of para-hydroxylation sites is 1. The lowest BCUT2D eigenvalue weighted by atomic mass is 10.2. The molecule has 0 saturated carbocycles. The number of carbonyl (C=O) groups is 1. The number of carbonyl (C=O) groups excluding carboxylic acids is 1. The van der Waals surface area contributed by atoms with Gasteiger partial charge in [0.1, 0.15) is 4.90 Å². The number of primary amides is 1. The normalized spacial score (nSPS) is 11.6. The van der Waals surface area contributed by atoms with Crippen LogP contribution in [0, 0.1) is 6.92 Å². The Balaban J connectivity index is 2.53. The molecular formula is C12H13N3O3S. The van der Waals surface area contributed by atoms with Crippen LogP contribution in [-0.4, -0.2) is 25.9 Å². The van der Waals surface area contributed by atoms with Gasteiger partial charge in [0.05, 0.1) is 12.1 Å². The van der Waals surface area contributed by atoms with E-state index in [-0.39, 0.29) is 4.90 Å². The first-order valence-corrected chi connectivity index (χ1v) is 7.02. The van der Waals surface area contributed by atoms with Gasteiger partial charge in [-0.2, -0.15) is 0 Å². The van der Waals surface area contributed by atoms with Gasteiger partial charge in [-0.25, -0.2) is 13.1 Å². The van der Waals surface area contributed by atoms with E-state index in [1.165, 1.54) is 6.07 Å². The third-order valence-corrected chi connectivity index (χ3v) is 3.97. The minimum atomic E-state index is -3.81. The van der Waals surface area contributed by atoms with Crippen LogP contribution in [0.1, 0.15) is 5.56 Å². The highest BCUT2D eigenvalue weighted by Gasteiger charge is 2.18. The third-order valence-electron chi connectivity index (χ3n) is 2.54.